The lowest BCUT2D eigenvalue weighted by Gasteiger charge is -2.36. The smallest absolute Gasteiger partial charge is 0.408 e. The molecule has 0 fully saturated rings. The van der Waals surface area contributed by atoms with Gasteiger partial charge in [-0.1, -0.05) is 18.7 Å². The molecule has 8 nitrogen and oxygen atoms in total. The van der Waals surface area contributed by atoms with Crippen LogP contribution in [0.5, 0.6) is 5.75 Å². The van der Waals surface area contributed by atoms with E-state index in [1.807, 2.05) is 0 Å². The summed E-state index contributed by atoms with van der Waals surface area (Å²) in [6.45, 7) is 5.61. The number of benzene rings is 2. The largest absolute Gasteiger partial charge is 0.490 e. The van der Waals surface area contributed by atoms with Gasteiger partial charge in [0, 0.05) is 47.0 Å². The van der Waals surface area contributed by atoms with Crippen LogP contribution in [0, 0.1) is 11.6 Å². The molecule has 4 heterocycles. The van der Waals surface area contributed by atoms with E-state index in [1.54, 1.807) is 36.6 Å². The Morgan fingerprint density at radius 2 is 1.96 bits per heavy atom. The van der Waals surface area contributed by atoms with Crippen molar-refractivity contribution in [1.29, 1.82) is 0 Å². The maximum absolute atomic E-state index is 16.0. The van der Waals surface area contributed by atoms with Crippen molar-refractivity contribution >= 4 is 27.3 Å². The molecule has 6 rings (SSSR count). The third kappa shape index (κ3) is 6.67. The Labute approximate surface area is 282 Å². The second kappa shape index (κ2) is 13.7. The Bertz CT molecular complexity index is 2040. The zero-order valence-corrected chi connectivity index (χ0v) is 27.6. The maximum atomic E-state index is 16.0. The predicted octanol–water partition coefficient (Wildman–Crippen LogP) is 7.78. The monoisotopic (exact) mass is 697 g/mol. The van der Waals surface area contributed by atoms with Crippen molar-refractivity contribution in [2.45, 2.75) is 31.6 Å². The van der Waals surface area contributed by atoms with Gasteiger partial charge in [-0.15, -0.1) is 11.3 Å². The maximum Gasteiger partial charge on any atom is 0.408 e. The van der Waals surface area contributed by atoms with Gasteiger partial charge in [0.15, 0.2) is 0 Å². The quantitative estimate of drug-likeness (QED) is 0.0881. The topological polar surface area (TPSA) is 92.4 Å². The molecule has 2 atom stereocenters. The minimum atomic E-state index is -4.51. The Kier molecular flexibility index (Phi) is 9.56. The number of rotatable bonds is 10. The first-order chi connectivity index (χ1) is 23.4. The lowest BCUT2D eigenvalue weighted by Crippen LogP contribution is -2.40. The fraction of sp³-hybridized carbons (Fsp3) is 0.286. The molecule has 0 bridgehead atoms. The number of halogens is 5. The van der Waals surface area contributed by atoms with Crippen LogP contribution in [0.15, 0.2) is 60.5 Å². The number of amides is 1. The summed E-state index contributed by atoms with van der Waals surface area (Å²) in [6.07, 6.45) is -2.92. The molecule has 1 unspecified atom stereocenters. The van der Waals surface area contributed by atoms with Crippen molar-refractivity contribution < 1.29 is 36.2 Å². The highest BCUT2D eigenvalue weighted by Gasteiger charge is 2.46. The summed E-state index contributed by atoms with van der Waals surface area (Å²) in [5.41, 5.74) is 2.62. The van der Waals surface area contributed by atoms with E-state index in [-0.39, 0.29) is 53.6 Å². The minimum absolute atomic E-state index is 0.00215. The lowest BCUT2D eigenvalue weighted by molar-refractivity contribution is -0.185. The van der Waals surface area contributed by atoms with E-state index in [9.17, 15) is 22.4 Å². The van der Waals surface area contributed by atoms with Gasteiger partial charge in [-0.05, 0) is 61.2 Å². The molecule has 5 aromatic rings. The van der Waals surface area contributed by atoms with E-state index in [0.717, 1.165) is 18.2 Å². The number of thiophene rings is 1. The zero-order valence-electron chi connectivity index (χ0n) is 26.8. The van der Waals surface area contributed by atoms with Crippen LogP contribution in [-0.2, 0) is 16.0 Å². The van der Waals surface area contributed by atoms with Crippen LogP contribution >= 0.6 is 11.3 Å². The van der Waals surface area contributed by atoms with Gasteiger partial charge < -0.3 is 14.8 Å². The number of nitrogens with zero attached hydrogens (tertiary/aromatic N) is 3. The second-order valence-corrected chi connectivity index (χ2v) is 12.6. The molecule has 256 valence electrons. The molecule has 1 aliphatic heterocycles. The van der Waals surface area contributed by atoms with Crippen LogP contribution in [-0.4, -0.2) is 66.1 Å². The van der Waals surface area contributed by atoms with E-state index in [2.05, 4.69) is 22.1 Å². The van der Waals surface area contributed by atoms with Gasteiger partial charge >= 0.3 is 6.18 Å². The summed E-state index contributed by atoms with van der Waals surface area (Å²) in [7, 11) is 2.92. The lowest BCUT2D eigenvalue weighted by atomic mass is 9.89. The first-order valence-electron chi connectivity index (χ1n) is 15.3. The normalized spacial score (nSPS) is 15.6. The highest BCUT2D eigenvalue weighted by Crippen LogP contribution is 2.48. The van der Waals surface area contributed by atoms with Crippen LogP contribution in [0.1, 0.15) is 35.8 Å². The first-order valence-corrected chi connectivity index (χ1v) is 16.2. The number of H-pyrrole nitrogens is 1. The minimum Gasteiger partial charge on any atom is -0.490 e. The van der Waals surface area contributed by atoms with Crippen LogP contribution in [0.4, 0.5) is 22.0 Å². The number of carbonyl (C=O) groups excluding carboxylic acids is 1. The number of likely N-dealkylation sites (N-methyl/N-ethyl adjacent to an activating group) is 1. The van der Waals surface area contributed by atoms with Gasteiger partial charge in [-0.3, -0.25) is 14.8 Å². The molecular formula is C35H32F5N5O3S. The first kappa shape index (κ1) is 34.2. The van der Waals surface area contributed by atoms with Crippen molar-refractivity contribution in [3.63, 3.8) is 0 Å². The number of pyridine rings is 1. The van der Waals surface area contributed by atoms with Crippen LogP contribution in [0.3, 0.4) is 0 Å². The molecule has 1 amide bonds. The van der Waals surface area contributed by atoms with Crippen LogP contribution in [0.25, 0.3) is 43.9 Å². The summed E-state index contributed by atoms with van der Waals surface area (Å²) in [5, 5.41) is 12.4. The average Bonchev–Trinajstić information content (AvgIpc) is 3.74. The third-order valence-corrected chi connectivity index (χ3v) is 9.40. The number of nitrogens with one attached hydrogen (secondary N) is 2. The summed E-state index contributed by atoms with van der Waals surface area (Å²) in [6, 6.07) is 7.84. The number of methoxy groups -OCH3 is 1. The van der Waals surface area contributed by atoms with E-state index >= 15 is 4.39 Å². The van der Waals surface area contributed by atoms with Gasteiger partial charge in [0.05, 0.1) is 29.6 Å². The van der Waals surface area contributed by atoms with E-state index in [1.165, 1.54) is 36.5 Å². The van der Waals surface area contributed by atoms with Gasteiger partial charge in [0.1, 0.15) is 41.4 Å². The van der Waals surface area contributed by atoms with Gasteiger partial charge in [0.2, 0.25) is 5.91 Å². The summed E-state index contributed by atoms with van der Waals surface area (Å²) < 4.78 is 85.0. The Balaban J connectivity index is 1.61. The van der Waals surface area contributed by atoms with Crippen LogP contribution in [0.2, 0.25) is 0 Å². The zero-order chi connectivity index (χ0) is 35.0. The number of hydrogen-bond acceptors (Lipinski definition) is 7. The van der Waals surface area contributed by atoms with Crippen molar-refractivity contribution in [3.8, 4) is 39.5 Å². The number of fused-ring (bicyclic) bond motifs is 2. The number of alkyl halides is 3. The third-order valence-electron chi connectivity index (χ3n) is 8.47. The predicted molar refractivity (Wildman–Crippen MR) is 177 cm³/mol. The molecule has 0 aliphatic carbocycles. The molecule has 49 heavy (non-hydrogen) atoms. The van der Waals surface area contributed by atoms with Crippen molar-refractivity contribution in [2.24, 2.45) is 0 Å². The van der Waals surface area contributed by atoms with Gasteiger partial charge in [-0.2, -0.15) is 18.3 Å². The number of ether oxygens (including phenoxy) is 2. The molecule has 0 saturated heterocycles. The summed E-state index contributed by atoms with van der Waals surface area (Å²) >= 11 is 1.26. The standard InChI is InChI=1S/C35H32F5N5O3S/c1-5-28(46)41-18(2)25-17-26(44-43-25)32-30(29-24(37)15-21(36)16-27(29)48-12-11-47-4)33-22(9-13-49-33)31(42-32)20-7-6-19-8-10-45(3)34(23(19)14-20)35(38,39)40/h5-7,9,13-18,34H,1,8,10-12H2,2-4H3,(H,41,46)(H,43,44)/t18-,34?/m1/s1. The second-order valence-electron chi connectivity index (χ2n) is 11.7. The van der Waals surface area contributed by atoms with E-state index in [4.69, 9.17) is 14.5 Å². The molecule has 2 N–H and O–H groups in total. The molecule has 2 aromatic carbocycles. The number of aromatic nitrogens is 3. The van der Waals surface area contributed by atoms with Gasteiger partial charge in [-0.25, -0.2) is 13.8 Å². The SMILES string of the molecule is C=CC(=O)N[C@H](C)c1cc(-c2nc(-c3ccc4c(c3)C(C(F)(F)F)N(C)CC4)c3ccsc3c2-c2c(F)cc(F)cc2OCCOC)n[nH]1. The molecular weight excluding hydrogens is 665 g/mol. The Hall–Kier alpha value is -4.66. The molecule has 0 radical (unpaired) electrons. The van der Waals surface area contributed by atoms with E-state index < -0.39 is 35.8 Å². The van der Waals surface area contributed by atoms with Crippen molar-refractivity contribution in [3.05, 3.63) is 89.0 Å². The van der Waals surface area contributed by atoms with Crippen molar-refractivity contribution in [2.75, 3.05) is 33.9 Å². The number of aromatic amines is 1. The molecule has 0 spiro atoms. The van der Waals surface area contributed by atoms with Crippen LogP contribution < -0.4 is 10.1 Å². The highest BCUT2D eigenvalue weighted by molar-refractivity contribution is 7.18. The average molecular weight is 698 g/mol. The summed E-state index contributed by atoms with van der Waals surface area (Å²) in [4.78, 5) is 18.3. The Morgan fingerprint density at radius 1 is 1.16 bits per heavy atom. The number of hydrogen-bond donors (Lipinski definition) is 2. The van der Waals surface area contributed by atoms with Crippen molar-refractivity contribution in [1.82, 2.24) is 25.4 Å². The molecule has 0 saturated carbocycles. The number of carbonyl (C=O) groups is 1. The van der Waals surface area contributed by atoms with Gasteiger partial charge in [0.25, 0.3) is 0 Å². The fourth-order valence-corrected chi connectivity index (χ4v) is 7.10. The highest BCUT2D eigenvalue weighted by atomic mass is 32.1. The Morgan fingerprint density at radius 3 is 2.69 bits per heavy atom. The summed E-state index contributed by atoms with van der Waals surface area (Å²) in [5.74, 6) is -2.27. The van der Waals surface area contributed by atoms with E-state index in [0.29, 0.717) is 39.0 Å². The molecule has 3 aromatic heterocycles. The fourth-order valence-electron chi connectivity index (χ4n) is 6.15. The molecule has 14 heteroatoms. The molecule has 1 aliphatic rings.